The zero-order chi connectivity index (χ0) is 18.7. The van der Waals surface area contributed by atoms with Crippen LogP contribution in [0.1, 0.15) is 13.3 Å². The first-order chi connectivity index (χ1) is 11.8. The van der Waals surface area contributed by atoms with Gasteiger partial charge in [-0.3, -0.25) is 0 Å². The highest BCUT2D eigenvalue weighted by molar-refractivity contribution is 5.01. The summed E-state index contributed by atoms with van der Waals surface area (Å²) < 4.78 is 16.1. The Morgan fingerprint density at radius 2 is 1.36 bits per heavy atom. The van der Waals surface area contributed by atoms with Crippen LogP contribution in [-0.2, 0) is 14.2 Å². The quantitative estimate of drug-likeness (QED) is 0.232. The van der Waals surface area contributed by atoms with Gasteiger partial charge in [-0.2, -0.15) is 12.5 Å². The van der Waals surface area contributed by atoms with E-state index in [0.717, 1.165) is 0 Å². The monoisotopic (exact) mass is 367 g/mol. The van der Waals surface area contributed by atoms with Gasteiger partial charge < -0.3 is 50.0 Å². The normalized spacial score (nSPS) is 46.3. The molecule has 0 radical (unpaired) electrons. The topological polar surface area (TPSA) is 169 Å². The van der Waals surface area contributed by atoms with Crippen LogP contribution in [0.5, 0.6) is 0 Å². The van der Waals surface area contributed by atoms with Crippen LogP contribution in [-0.4, -0.2) is 111 Å². The Morgan fingerprint density at radius 3 is 1.96 bits per heavy atom. The zero-order valence-electron chi connectivity index (χ0n) is 13.9. The van der Waals surface area contributed by atoms with Crippen molar-refractivity contribution in [3.8, 4) is 0 Å². The molecule has 148 valence electrons. The maximum atomic E-state index is 9.95. The minimum absolute atomic E-state index is 0.163. The number of rotatable bonds is 6. The molecule has 0 amide bonds. The molecule has 0 aromatic carbocycles. The van der Waals surface area contributed by atoms with E-state index in [1.807, 2.05) is 0 Å². The van der Waals surface area contributed by atoms with Gasteiger partial charge in [0.15, 0.2) is 0 Å². The second-order valence-electron chi connectivity index (χ2n) is 6.31. The van der Waals surface area contributed by atoms with E-state index in [-0.39, 0.29) is 19.3 Å². The molecule has 25 heavy (non-hydrogen) atoms. The molecule has 10 nitrogen and oxygen atoms in total. The summed E-state index contributed by atoms with van der Waals surface area (Å²) in [6.45, 7) is 0.831. The zero-order valence-corrected chi connectivity index (χ0v) is 13.9. The van der Waals surface area contributed by atoms with Gasteiger partial charge in [0.1, 0.15) is 36.6 Å². The molecule has 9 atom stereocenters. The maximum Gasteiger partial charge on any atom is 0.111 e. The van der Waals surface area contributed by atoms with Crippen LogP contribution < -0.4 is 0 Å². The van der Waals surface area contributed by atoms with Crippen LogP contribution in [0.25, 0.3) is 0 Å². The van der Waals surface area contributed by atoms with Crippen molar-refractivity contribution in [1.29, 1.82) is 0 Å². The molecule has 7 N–H and O–H groups in total. The highest BCUT2D eigenvalue weighted by Gasteiger charge is 2.43. The molecule has 0 aromatic heterocycles. The Labute approximate surface area is 145 Å². The molecule has 2 rings (SSSR count). The van der Waals surface area contributed by atoms with Crippen molar-refractivity contribution < 1.29 is 50.0 Å². The van der Waals surface area contributed by atoms with E-state index in [1.54, 1.807) is 6.92 Å². The van der Waals surface area contributed by atoms with Crippen LogP contribution >= 0.6 is 0 Å². The summed E-state index contributed by atoms with van der Waals surface area (Å²) in [5.74, 6) is 0. The van der Waals surface area contributed by atoms with Crippen molar-refractivity contribution in [3.63, 3.8) is 0 Å². The standard InChI is InChI=1S/C15H27O10/c1-2-6-10(17)14(21)12(19)8(24-6)4-23-5-9-13(20)15(22)11(18)7(3-16)25-9/h7-22H,2-5H2,1H3/q-1. The minimum atomic E-state index is -1.49. The fourth-order valence-electron chi connectivity index (χ4n) is 2.97. The van der Waals surface area contributed by atoms with Crippen LogP contribution in [0.15, 0.2) is 0 Å². The van der Waals surface area contributed by atoms with Crippen molar-refractivity contribution in [3.05, 3.63) is 6.10 Å². The first-order valence-electron chi connectivity index (χ1n) is 8.26. The third kappa shape index (κ3) is 4.48. The summed E-state index contributed by atoms with van der Waals surface area (Å²) >= 11 is 0. The maximum absolute atomic E-state index is 9.95. The van der Waals surface area contributed by atoms with Gasteiger partial charge in [-0.15, -0.1) is 0 Å². The van der Waals surface area contributed by atoms with E-state index in [1.165, 1.54) is 0 Å². The third-order valence-corrected chi connectivity index (χ3v) is 4.59. The largest absolute Gasteiger partial charge is 0.540 e. The summed E-state index contributed by atoms with van der Waals surface area (Å²) in [5.41, 5.74) is 0. The number of hydrogen-bond acceptors (Lipinski definition) is 10. The van der Waals surface area contributed by atoms with Gasteiger partial charge >= 0.3 is 0 Å². The summed E-state index contributed by atoms with van der Waals surface area (Å²) in [4.78, 5) is 0. The Balaban J connectivity index is 1.87. The van der Waals surface area contributed by atoms with Crippen molar-refractivity contribution in [2.24, 2.45) is 0 Å². The van der Waals surface area contributed by atoms with Crippen molar-refractivity contribution >= 4 is 0 Å². The van der Waals surface area contributed by atoms with E-state index in [4.69, 9.17) is 19.3 Å². The van der Waals surface area contributed by atoms with Gasteiger partial charge in [0.2, 0.25) is 0 Å². The molecule has 0 spiro atoms. The fourth-order valence-corrected chi connectivity index (χ4v) is 2.97. The molecule has 2 aliphatic heterocycles. The number of aliphatic hydroxyl groups excluding tert-OH is 7. The summed E-state index contributed by atoms with van der Waals surface area (Å²) in [5, 5.41) is 68.0. The molecule has 2 aliphatic rings. The van der Waals surface area contributed by atoms with Gasteiger partial charge in [0.25, 0.3) is 0 Å². The van der Waals surface area contributed by atoms with Gasteiger partial charge in [0, 0.05) is 0 Å². The first kappa shape index (κ1) is 20.9. The summed E-state index contributed by atoms with van der Waals surface area (Å²) in [6.07, 6.45) is -10.7. The minimum Gasteiger partial charge on any atom is -0.540 e. The predicted molar refractivity (Wildman–Crippen MR) is 81.0 cm³/mol. The lowest BCUT2D eigenvalue weighted by molar-refractivity contribution is -0.244. The lowest BCUT2D eigenvalue weighted by atomic mass is 9.94. The number of hydrogen-bond donors (Lipinski definition) is 7. The number of ether oxygens (including phenoxy) is 3. The van der Waals surface area contributed by atoms with Crippen molar-refractivity contribution in [2.75, 3.05) is 19.8 Å². The molecule has 2 heterocycles. The Hall–Kier alpha value is -0.400. The molecule has 0 aromatic rings. The predicted octanol–water partition coefficient (Wildman–Crippen LogP) is -3.73. The molecule has 0 bridgehead atoms. The van der Waals surface area contributed by atoms with Crippen LogP contribution in [0.3, 0.4) is 0 Å². The second-order valence-corrected chi connectivity index (χ2v) is 6.31. The molecule has 2 saturated heterocycles. The van der Waals surface area contributed by atoms with E-state index < -0.39 is 61.5 Å². The average Bonchev–Trinajstić information content (AvgIpc) is 2.61. The molecular weight excluding hydrogens is 340 g/mol. The van der Waals surface area contributed by atoms with Gasteiger partial charge in [0.05, 0.1) is 32.0 Å². The lowest BCUT2D eigenvalue weighted by Gasteiger charge is -2.50. The van der Waals surface area contributed by atoms with Crippen LogP contribution in [0.4, 0.5) is 0 Å². The Morgan fingerprint density at radius 1 is 0.800 bits per heavy atom. The SMILES string of the molecule is CC[C-]1OC(COCC2OC(CO)C(O)C(O)C2O)C(O)C(O)C1O. The van der Waals surface area contributed by atoms with E-state index in [9.17, 15) is 30.6 Å². The van der Waals surface area contributed by atoms with Crippen molar-refractivity contribution in [2.45, 2.75) is 68.3 Å². The molecule has 0 aliphatic carbocycles. The van der Waals surface area contributed by atoms with Crippen LogP contribution in [0, 0.1) is 6.10 Å². The van der Waals surface area contributed by atoms with Gasteiger partial charge in [-0.25, -0.2) is 0 Å². The number of aliphatic hydroxyl groups is 7. The van der Waals surface area contributed by atoms with Crippen molar-refractivity contribution in [1.82, 2.24) is 0 Å². The second kappa shape index (κ2) is 9.00. The van der Waals surface area contributed by atoms with E-state index >= 15 is 0 Å². The summed E-state index contributed by atoms with van der Waals surface area (Å²) in [6, 6.07) is 0. The highest BCUT2D eigenvalue weighted by Crippen LogP contribution is 2.29. The van der Waals surface area contributed by atoms with E-state index in [0.29, 0.717) is 6.42 Å². The van der Waals surface area contributed by atoms with Crippen LogP contribution in [0.2, 0.25) is 0 Å². The Kier molecular flexibility index (Phi) is 7.52. The van der Waals surface area contributed by atoms with Gasteiger partial charge in [-0.1, -0.05) is 6.92 Å². The summed E-state index contributed by atoms with van der Waals surface area (Å²) in [7, 11) is 0. The molecule has 10 heteroatoms. The highest BCUT2D eigenvalue weighted by atomic mass is 16.6. The average molecular weight is 367 g/mol. The third-order valence-electron chi connectivity index (χ3n) is 4.59. The molecule has 9 unspecified atom stereocenters. The first-order valence-corrected chi connectivity index (χ1v) is 8.26. The fraction of sp³-hybridized carbons (Fsp3) is 0.933. The van der Waals surface area contributed by atoms with E-state index in [2.05, 4.69) is 0 Å². The van der Waals surface area contributed by atoms with Gasteiger partial charge in [-0.05, 0) is 6.10 Å². The smallest absolute Gasteiger partial charge is 0.111 e. The molecular formula is C15H27O10-. The Bertz CT molecular complexity index is 370. The molecule has 0 saturated carbocycles. The molecule has 2 fully saturated rings. The lowest BCUT2D eigenvalue weighted by Crippen LogP contribution is -2.60.